The molecule has 110 valence electrons. The van der Waals surface area contributed by atoms with E-state index >= 15 is 0 Å². The molecule has 6 heteroatoms. The first-order valence-corrected chi connectivity index (χ1v) is 7.11. The van der Waals surface area contributed by atoms with E-state index in [1.165, 1.54) is 5.56 Å². The Balaban J connectivity index is 1.77. The topological polar surface area (TPSA) is 71.2 Å². The van der Waals surface area contributed by atoms with Crippen LogP contribution in [0.2, 0.25) is 0 Å². The van der Waals surface area contributed by atoms with Gasteiger partial charge in [0.1, 0.15) is 12.2 Å². The van der Waals surface area contributed by atoms with Gasteiger partial charge in [-0.2, -0.15) is 5.10 Å². The van der Waals surface area contributed by atoms with Crippen molar-refractivity contribution in [1.82, 2.24) is 19.7 Å². The van der Waals surface area contributed by atoms with Crippen LogP contribution in [0.1, 0.15) is 34.2 Å². The fourth-order valence-corrected chi connectivity index (χ4v) is 2.76. The predicted molar refractivity (Wildman–Crippen MR) is 76.9 cm³/mol. The molecule has 0 amide bonds. The van der Waals surface area contributed by atoms with E-state index in [1.807, 2.05) is 17.7 Å². The Morgan fingerprint density at radius 1 is 1.38 bits per heavy atom. The molecule has 6 nitrogen and oxygen atoms in total. The first-order valence-electron chi connectivity index (χ1n) is 7.11. The van der Waals surface area contributed by atoms with E-state index in [-0.39, 0.29) is 0 Å². The van der Waals surface area contributed by atoms with E-state index in [4.69, 9.17) is 5.11 Å². The van der Waals surface area contributed by atoms with Crippen LogP contribution in [0.15, 0.2) is 24.5 Å². The summed E-state index contributed by atoms with van der Waals surface area (Å²) in [5.41, 5.74) is 2.70. The molecule has 0 unspecified atom stereocenters. The molecular formula is C15H18N4O2. The van der Waals surface area contributed by atoms with Crippen molar-refractivity contribution in [2.45, 2.75) is 33.0 Å². The van der Waals surface area contributed by atoms with Gasteiger partial charge in [-0.15, -0.1) is 0 Å². The number of hydrogen-bond donors (Lipinski definition) is 1. The number of rotatable bonds is 4. The number of aryl methyl sites for hydroxylation is 1. The lowest BCUT2D eigenvalue weighted by Gasteiger charge is -2.28. The third-order valence-electron chi connectivity index (χ3n) is 3.90. The highest BCUT2D eigenvalue weighted by atomic mass is 16.4. The molecule has 3 rings (SSSR count). The molecule has 21 heavy (non-hydrogen) atoms. The van der Waals surface area contributed by atoms with Crippen molar-refractivity contribution in [2.75, 3.05) is 6.54 Å². The molecular weight excluding hydrogens is 268 g/mol. The fraction of sp³-hybridized carbons (Fsp3) is 0.400. The van der Waals surface area contributed by atoms with Gasteiger partial charge in [-0.3, -0.25) is 4.90 Å². The van der Waals surface area contributed by atoms with Crippen molar-refractivity contribution in [3.8, 4) is 0 Å². The lowest BCUT2D eigenvalue weighted by molar-refractivity contribution is 0.0696. The lowest BCUT2D eigenvalue weighted by Crippen LogP contribution is -2.31. The van der Waals surface area contributed by atoms with Crippen molar-refractivity contribution in [3.05, 3.63) is 47.0 Å². The van der Waals surface area contributed by atoms with E-state index in [2.05, 4.69) is 15.0 Å². The average Bonchev–Trinajstić information content (AvgIpc) is 2.93. The second-order valence-electron chi connectivity index (χ2n) is 5.24. The molecule has 0 saturated heterocycles. The number of aromatic carboxylic acids is 1. The molecule has 1 N–H and O–H groups in total. The number of hydrogen-bond acceptors (Lipinski definition) is 4. The van der Waals surface area contributed by atoms with Crippen LogP contribution < -0.4 is 0 Å². The van der Waals surface area contributed by atoms with Gasteiger partial charge < -0.3 is 5.11 Å². The summed E-state index contributed by atoms with van der Waals surface area (Å²) in [7, 11) is 0. The maximum Gasteiger partial charge on any atom is 0.335 e. The Kier molecular flexibility index (Phi) is 3.70. The summed E-state index contributed by atoms with van der Waals surface area (Å²) in [6, 6.07) is 5.41. The van der Waals surface area contributed by atoms with Crippen LogP contribution in [-0.4, -0.2) is 37.3 Å². The maximum absolute atomic E-state index is 11.1. The van der Waals surface area contributed by atoms with Crippen LogP contribution in [0.5, 0.6) is 0 Å². The van der Waals surface area contributed by atoms with Gasteiger partial charge in [0, 0.05) is 19.6 Å². The highest BCUT2D eigenvalue weighted by Crippen LogP contribution is 2.21. The molecule has 1 aliphatic heterocycles. The summed E-state index contributed by atoms with van der Waals surface area (Å²) in [6.45, 7) is 5.30. The summed E-state index contributed by atoms with van der Waals surface area (Å²) in [5.74, 6) is 0.0796. The highest BCUT2D eigenvalue weighted by molar-refractivity contribution is 5.87. The molecule has 0 fully saturated rings. The third-order valence-corrected chi connectivity index (χ3v) is 3.90. The molecule has 0 radical (unpaired) electrons. The van der Waals surface area contributed by atoms with E-state index < -0.39 is 5.97 Å². The first kappa shape index (κ1) is 13.8. The highest BCUT2D eigenvalue weighted by Gasteiger charge is 2.19. The zero-order valence-electron chi connectivity index (χ0n) is 12.0. The van der Waals surface area contributed by atoms with Gasteiger partial charge in [-0.1, -0.05) is 6.07 Å². The van der Waals surface area contributed by atoms with Gasteiger partial charge >= 0.3 is 5.97 Å². The SMILES string of the molecule is CCn1ncnc1CN1CCc2ccc(C(=O)O)cc2C1. The standard InChI is InChI=1S/C15H18N4O2/c1-2-19-14(16-10-17-19)9-18-6-5-11-3-4-12(15(20)21)7-13(11)8-18/h3-4,7,10H,2,5-6,8-9H2,1H3,(H,20,21). The van der Waals surface area contributed by atoms with Crippen molar-refractivity contribution in [3.63, 3.8) is 0 Å². The largest absolute Gasteiger partial charge is 0.478 e. The number of nitrogens with zero attached hydrogens (tertiary/aromatic N) is 4. The van der Waals surface area contributed by atoms with Gasteiger partial charge in [0.15, 0.2) is 0 Å². The molecule has 2 heterocycles. The third kappa shape index (κ3) is 2.80. The molecule has 2 aromatic rings. The molecule has 0 saturated carbocycles. The molecule has 0 spiro atoms. The van der Waals surface area contributed by atoms with Crippen LogP contribution in [-0.2, 0) is 26.1 Å². The fourth-order valence-electron chi connectivity index (χ4n) is 2.76. The minimum absolute atomic E-state index is 0.354. The van der Waals surface area contributed by atoms with Crippen LogP contribution in [0.25, 0.3) is 0 Å². The number of carboxylic acids is 1. The lowest BCUT2D eigenvalue weighted by atomic mass is 9.97. The molecule has 1 aromatic carbocycles. The maximum atomic E-state index is 11.1. The molecule has 1 aromatic heterocycles. The van der Waals surface area contributed by atoms with E-state index in [0.717, 1.165) is 44.0 Å². The van der Waals surface area contributed by atoms with Gasteiger partial charge in [0.2, 0.25) is 0 Å². The second-order valence-corrected chi connectivity index (χ2v) is 5.24. The zero-order valence-corrected chi connectivity index (χ0v) is 12.0. The Bertz CT molecular complexity index is 665. The summed E-state index contributed by atoms with van der Waals surface area (Å²) in [5, 5.41) is 13.3. The first-order chi connectivity index (χ1) is 10.2. The van der Waals surface area contributed by atoms with E-state index in [1.54, 1.807) is 18.5 Å². The molecule has 0 aliphatic carbocycles. The number of aromatic nitrogens is 3. The van der Waals surface area contributed by atoms with Crippen molar-refractivity contribution in [1.29, 1.82) is 0 Å². The quantitative estimate of drug-likeness (QED) is 0.923. The predicted octanol–water partition coefficient (Wildman–Crippen LogP) is 1.55. The number of benzene rings is 1. The number of carboxylic acid groups (broad SMARTS) is 1. The van der Waals surface area contributed by atoms with E-state index in [9.17, 15) is 4.79 Å². The van der Waals surface area contributed by atoms with Crippen LogP contribution in [0.4, 0.5) is 0 Å². The summed E-state index contributed by atoms with van der Waals surface area (Å²) in [4.78, 5) is 17.7. The molecule has 0 atom stereocenters. The second kappa shape index (κ2) is 5.65. The normalized spacial score (nSPS) is 14.9. The van der Waals surface area contributed by atoms with E-state index in [0.29, 0.717) is 5.56 Å². The average molecular weight is 286 g/mol. The van der Waals surface area contributed by atoms with Crippen molar-refractivity contribution >= 4 is 5.97 Å². The Morgan fingerprint density at radius 3 is 3.00 bits per heavy atom. The van der Waals surface area contributed by atoms with Crippen LogP contribution in [0, 0.1) is 0 Å². The van der Waals surface area contributed by atoms with Gasteiger partial charge in [0.25, 0.3) is 0 Å². The summed E-state index contributed by atoms with van der Waals surface area (Å²) in [6.07, 6.45) is 2.52. The minimum Gasteiger partial charge on any atom is -0.478 e. The Hall–Kier alpha value is -2.21. The summed E-state index contributed by atoms with van der Waals surface area (Å²) >= 11 is 0. The smallest absolute Gasteiger partial charge is 0.335 e. The zero-order chi connectivity index (χ0) is 14.8. The molecule has 1 aliphatic rings. The van der Waals surface area contributed by atoms with Crippen LogP contribution >= 0.6 is 0 Å². The Morgan fingerprint density at radius 2 is 2.24 bits per heavy atom. The van der Waals surface area contributed by atoms with Gasteiger partial charge in [-0.25, -0.2) is 14.5 Å². The Labute approximate surface area is 123 Å². The number of fused-ring (bicyclic) bond motifs is 1. The summed E-state index contributed by atoms with van der Waals surface area (Å²) < 4.78 is 1.89. The number of carbonyl (C=O) groups is 1. The van der Waals surface area contributed by atoms with Crippen LogP contribution in [0.3, 0.4) is 0 Å². The van der Waals surface area contributed by atoms with Crippen molar-refractivity contribution < 1.29 is 9.90 Å². The monoisotopic (exact) mass is 286 g/mol. The van der Waals surface area contributed by atoms with Crippen molar-refractivity contribution in [2.24, 2.45) is 0 Å². The van der Waals surface area contributed by atoms with Gasteiger partial charge in [-0.05, 0) is 36.6 Å². The minimum atomic E-state index is -0.874. The molecule has 0 bridgehead atoms. The van der Waals surface area contributed by atoms with Gasteiger partial charge in [0.05, 0.1) is 12.1 Å².